The molecule has 2 amide bonds. The van der Waals surface area contributed by atoms with Crippen LogP contribution in [0, 0.1) is 11.8 Å². The number of hydrogen-bond acceptors (Lipinski definition) is 4. The van der Waals surface area contributed by atoms with Crippen LogP contribution in [0.4, 0.5) is 4.79 Å². The lowest BCUT2D eigenvalue weighted by Gasteiger charge is -2.31. The summed E-state index contributed by atoms with van der Waals surface area (Å²) in [5.74, 6) is -0.588. The van der Waals surface area contributed by atoms with E-state index in [1.807, 2.05) is 0 Å². The maximum Gasteiger partial charge on any atom is 0.417 e. The van der Waals surface area contributed by atoms with Gasteiger partial charge in [0.25, 0.3) is 0 Å². The molecular weight excluding hydrogens is 222 g/mol. The van der Waals surface area contributed by atoms with Crippen molar-refractivity contribution in [2.75, 3.05) is 0 Å². The second-order valence-electron chi connectivity index (χ2n) is 5.72. The van der Waals surface area contributed by atoms with Crippen molar-refractivity contribution in [1.82, 2.24) is 4.90 Å². The molecule has 94 valence electrons. The van der Waals surface area contributed by atoms with E-state index < -0.39 is 11.7 Å². The van der Waals surface area contributed by atoms with Crippen molar-refractivity contribution in [3.8, 4) is 0 Å². The van der Waals surface area contributed by atoms with Crippen molar-refractivity contribution in [1.29, 1.82) is 0 Å². The summed E-state index contributed by atoms with van der Waals surface area (Å²) >= 11 is 0. The monoisotopic (exact) mass is 239 g/mol. The van der Waals surface area contributed by atoms with Crippen molar-refractivity contribution in [2.24, 2.45) is 11.8 Å². The molecule has 0 aromatic rings. The molecule has 0 spiro atoms. The van der Waals surface area contributed by atoms with Crippen LogP contribution in [0.5, 0.6) is 0 Å². The molecule has 5 nitrogen and oxygen atoms in total. The predicted octanol–water partition coefficient (Wildman–Crippen LogP) is 1.36. The third kappa shape index (κ3) is 2.06. The molecule has 5 heteroatoms. The van der Waals surface area contributed by atoms with Crippen LogP contribution >= 0.6 is 0 Å². The topological polar surface area (TPSA) is 63.7 Å². The number of rotatable bonds is 1. The van der Waals surface area contributed by atoms with Gasteiger partial charge < -0.3 is 9.53 Å². The van der Waals surface area contributed by atoms with E-state index in [1.165, 1.54) is 0 Å². The summed E-state index contributed by atoms with van der Waals surface area (Å²) in [6.45, 7) is 5.25. The van der Waals surface area contributed by atoms with Gasteiger partial charge in [-0.2, -0.15) is 0 Å². The van der Waals surface area contributed by atoms with Gasteiger partial charge in [-0.15, -0.1) is 0 Å². The third-order valence-electron chi connectivity index (χ3n) is 3.26. The molecule has 3 atom stereocenters. The smallest absolute Gasteiger partial charge is 0.417 e. The summed E-state index contributed by atoms with van der Waals surface area (Å²) in [6, 6.07) is -0.292. The third-order valence-corrected chi connectivity index (χ3v) is 3.26. The number of carbonyl (C=O) groups is 3. The lowest BCUT2D eigenvalue weighted by Crippen LogP contribution is -2.48. The fourth-order valence-electron chi connectivity index (χ4n) is 2.59. The van der Waals surface area contributed by atoms with E-state index in [2.05, 4.69) is 0 Å². The molecule has 2 bridgehead atoms. The zero-order chi connectivity index (χ0) is 12.8. The zero-order valence-electron chi connectivity index (χ0n) is 10.3. The van der Waals surface area contributed by atoms with Crippen molar-refractivity contribution in [2.45, 2.75) is 45.3 Å². The van der Waals surface area contributed by atoms with Crippen molar-refractivity contribution >= 4 is 18.3 Å². The van der Waals surface area contributed by atoms with Crippen LogP contribution in [-0.2, 0) is 14.3 Å². The minimum absolute atomic E-state index is 0.178. The number of ether oxygens (including phenoxy) is 1. The molecule has 2 rings (SSSR count). The molecule has 1 heterocycles. The number of amides is 2. The van der Waals surface area contributed by atoms with Crippen molar-refractivity contribution < 1.29 is 19.1 Å². The van der Waals surface area contributed by atoms with E-state index in [9.17, 15) is 14.4 Å². The van der Waals surface area contributed by atoms with Crippen molar-refractivity contribution in [3.05, 3.63) is 0 Å². The van der Waals surface area contributed by atoms with Crippen LogP contribution in [0.3, 0.4) is 0 Å². The lowest BCUT2D eigenvalue weighted by molar-refractivity contribution is -0.135. The minimum Gasteiger partial charge on any atom is -0.443 e. The molecule has 0 aromatic heterocycles. The number of aldehydes is 1. The quantitative estimate of drug-likeness (QED) is 0.648. The highest BCUT2D eigenvalue weighted by molar-refractivity contribution is 5.97. The van der Waals surface area contributed by atoms with Crippen LogP contribution < -0.4 is 0 Å². The zero-order valence-corrected chi connectivity index (χ0v) is 10.3. The largest absolute Gasteiger partial charge is 0.443 e. The molecule has 2 aliphatic rings. The van der Waals surface area contributed by atoms with E-state index in [-0.39, 0.29) is 23.8 Å². The Bertz CT molecular complexity index is 371. The summed E-state index contributed by atoms with van der Waals surface area (Å²) in [6.07, 6.45) is 1.39. The number of imide groups is 1. The SMILES string of the molecule is CC(C)(C)OC(=O)N1C(=O)[C@@H]2C[C@@H](C=O)[C@H]1C2. The van der Waals surface area contributed by atoms with Crippen LogP contribution in [0.1, 0.15) is 33.6 Å². The van der Waals surface area contributed by atoms with Gasteiger partial charge in [0.05, 0.1) is 6.04 Å². The summed E-state index contributed by atoms with van der Waals surface area (Å²) in [4.78, 5) is 35.8. The van der Waals surface area contributed by atoms with Gasteiger partial charge in [0.1, 0.15) is 11.9 Å². The first-order valence-electron chi connectivity index (χ1n) is 5.85. The molecule has 0 radical (unpaired) electrons. The second-order valence-corrected chi connectivity index (χ2v) is 5.72. The average Bonchev–Trinajstić information content (AvgIpc) is 2.71. The normalized spacial score (nSPS) is 31.8. The van der Waals surface area contributed by atoms with Crippen molar-refractivity contribution in [3.63, 3.8) is 0 Å². The Hall–Kier alpha value is -1.39. The number of carbonyl (C=O) groups excluding carboxylic acids is 3. The number of likely N-dealkylation sites (tertiary alicyclic amines) is 1. The first kappa shape index (κ1) is 12.1. The number of fused-ring (bicyclic) bond motifs is 2. The van der Waals surface area contributed by atoms with E-state index in [1.54, 1.807) is 20.8 Å². The number of piperidine rings is 1. The van der Waals surface area contributed by atoms with E-state index in [4.69, 9.17) is 4.74 Å². The molecule has 0 unspecified atom stereocenters. The minimum atomic E-state index is -0.629. The van der Waals surface area contributed by atoms with Gasteiger partial charge in [-0.05, 0) is 33.6 Å². The van der Waals surface area contributed by atoms with E-state index in [0.29, 0.717) is 12.8 Å². The van der Waals surface area contributed by atoms with Gasteiger partial charge >= 0.3 is 6.09 Å². The Morgan fingerprint density at radius 1 is 1.41 bits per heavy atom. The highest BCUT2D eigenvalue weighted by Gasteiger charge is 2.53. The Morgan fingerprint density at radius 2 is 2.06 bits per heavy atom. The number of hydrogen-bond donors (Lipinski definition) is 0. The Labute approximate surface area is 100 Å². The molecule has 0 N–H and O–H groups in total. The van der Waals surface area contributed by atoms with Crippen LogP contribution in [-0.4, -0.2) is 34.8 Å². The molecule has 2 fully saturated rings. The molecule has 17 heavy (non-hydrogen) atoms. The van der Waals surface area contributed by atoms with E-state index in [0.717, 1.165) is 11.2 Å². The highest BCUT2D eigenvalue weighted by atomic mass is 16.6. The Kier molecular flexibility index (Phi) is 2.72. The molecule has 1 saturated carbocycles. The van der Waals surface area contributed by atoms with Gasteiger partial charge in [-0.1, -0.05) is 0 Å². The summed E-state index contributed by atoms with van der Waals surface area (Å²) in [7, 11) is 0. The Balaban J connectivity index is 2.13. The first-order valence-corrected chi connectivity index (χ1v) is 5.85. The van der Waals surface area contributed by atoms with Crippen LogP contribution in [0.15, 0.2) is 0 Å². The summed E-state index contributed by atoms with van der Waals surface area (Å²) < 4.78 is 5.19. The van der Waals surface area contributed by atoms with Gasteiger partial charge in [0.15, 0.2) is 0 Å². The second kappa shape index (κ2) is 3.82. The van der Waals surface area contributed by atoms with Crippen LogP contribution in [0.25, 0.3) is 0 Å². The average molecular weight is 239 g/mol. The fraction of sp³-hybridized carbons (Fsp3) is 0.750. The van der Waals surface area contributed by atoms with Gasteiger partial charge in [-0.3, -0.25) is 4.79 Å². The maximum atomic E-state index is 11.9. The molecule has 1 aliphatic heterocycles. The molecule has 1 aliphatic carbocycles. The summed E-state index contributed by atoms with van der Waals surface area (Å²) in [5, 5.41) is 0. The standard InChI is InChI=1S/C12H17NO4/c1-12(2,3)17-11(16)13-9-5-7(10(13)15)4-8(9)6-14/h6-9H,4-5H2,1-3H3/t7-,8+,9-/m1/s1. The lowest BCUT2D eigenvalue weighted by atomic mass is 10.00. The molecular formula is C12H17NO4. The van der Waals surface area contributed by atoms with Crippen LogP contribution in [0.2, 0.25) is 0 Å². The maximum absolute atomic E-state index is 11.9. The predicted molar refractivity (Wildman–Crippen MR) is 59.1 cm³/mol. The first-order chi connectivity index (χ1) is 7.83. The van der Waals surface area contributed by atoms with Gasteiger partial charge in [0, 0.05) is 11.8 Å². The highest BCUT2D eigenvalue weighted by Crippen LogP contribution is 2.42. The van der Waals surface area contributed by atoms with Gasteiger partial charge in [0.2, 0.25) is 5.91 Å². The fourth-order valence-corrected chi connectivity index (χ4v) is 2.59. The van der Waals surface area contributed by atoms with Gasteiger partial charge in [-0.25, -0.2) is 9.69 Å². The number of nitrogens with zero attached hydrogens (tertiary/aromatic N) is 1. The van der Waals surface area contributed by atoms with E-state index >= 15 is 0 Å². The molecule has 0 aromatic carbocycles. The summed E-state index contributed by atoms with van der Waals surface area (Å²) in [5.41, 5.74) is -0.629. The molecule has 1 saturated heterocycles. The Morgan fingerprint density at radius 3 is 2.53 bits per heavy atom.